The third-order valence-corrected chi connectivity index (χ3v) is 3.06. The Hall–Kier alpha value is -2.76. The van der Waals surface area contributed by atoms with E-state index < -0.39 is 0 Å². The van der Waals surface area contributed by atoms with Crippen molar-refractivity contribution in [3.05, 3.63) is 48.8 Å². The first-order chi connectivity index (χ1) is 9.66. The summed E-state index contributed by atoms with van der Waals surface area (Å²) in [6.45, 7) is 0. The van der Waals surface area contributed by atoms with Gasteiger partial charge in [-0.1, -0.05) is 12.1 Å². The van der Waals surface area contributed by atoms with Crippen LogP contribution in [-0.2, 0) is 7.05 Å². The largest absolute Gasteiger partial charge is 0.383 e. The lowest BCUT2D eigenvalue weighted by molar-refractivity contribution is 0.628. The van der Waals surface area contributed by atoms with Gasteiger partial charge in [0.2, 0.25) is 0 Å². The quantitative estimate of drug-likeness (QED) is 0.774. The van der Waals surface area contributed by atoms with Gasteiger partial charge in [-0.3, -0.25) is 4.68 Å². The lowest BCUT2D eigenvalue weighted by Gasteiger charge is -2.04. The lowest BCUT2D eigenvalue weighted by Crippen LogP contribution is -1.98. The normalized spacial score (nSPS) is 10.7. The fourth-order valence-corrected chi connectivity index (χ4v) is 2.06. The van der Waals surface area contributed by atoms with E-state index in [1.54, 1.807) is 36.3 Å². The number of benzene rings is 1. The number of hydrogen-bond acceptors (Lipinski definition) is 4. The molecule has 2 heterocycles. The summed E-state index contributed by atoms with van der Waals surface area (Å²) in [5.41, 5.74) is 9.07. The number of aryl methyl sites for hydroxylation is 1. The van der Waals surface area contributed by atoms with Crippen LogP contribution >= 0.6 is 0 Å². The van der Waals surface area contributed by atoms with Crippen molar-refractivity contribution in [1.29, 1.82) is 0 Å². The first-order valence-electron chi connectivity index (χ1n) is 6.00. The van der Waals surface area contributed by atoms with Crippen molar-refractivity contribution in [1.82, 2.24) is 19.7 Å². The van der Waals surface area contributed by atoms with Crippen LogP contribution in [-0.4, -0.2) is 19.7 Å². The molecule has 0 amide bonds. The third kappa shape index (κ3) is 2.01. The summed E-state index contributed by atoms with van der Waals surface area (Å²) < 4.78 is 14.6. The van der Waals surface area contributed by atoms with Gasteiger partial charge >= 0.3 is 0 Å². The molecule has 5 nitrogen and oxygen atoms in total. The van der Waals surface area contributed by atoms with E-state index in [4.69, 9.17) is 5.73 Å². The fourth-order valence-electron chi connectivity index (χ4n) is 2.06. The van der Waals surface area contributed by atoms with Gasteiger partial charge < -0.3 is 5.73 Å². The molecule has 0 fully saturated rings. The first-order valence-corrected chi connectivity index (χ1v) is 6.00. The maximum Gasteiger partial charge on any atom is 0.129 e. The molecule has 1 aromatic carbocycles. The van der Waals surface area contributed by atoms with Crippen LogP contribution in [0.3, 0.4) is 0 Å². The average Bonchev–Trinajstić information content (AvgIpc) is 2.77. The second kappa shape index (κ2) is 4.73. The molecular weight excluding hydrogens is 257 g/mol. The van der Waals surface area contributed by atoms with Gasteiger partial charge in [0.25, 0.3) is 0 Å². The van der Waals surface area contributed by atoms with Crippen molar-refractivity contribution in [2.24, 2.45) is 7.05 Å². The number of hydrogen-bond donors (Lipinski definition) is 1. The van der Waals surface area contributed by atoms with Crippen molar-refractivity contribution in [2.45, 2.75) is 0 Å². The van der Waals surface area contributed by atoms with Crippen molar-refractivity contribution in [3.63, 3.8) is 0 Å². The molecule has 6 heteroatoms. The zero-order valence-electron chi connectivity index (χ0n) is 10.8. The number of aromatic nitrogens is 4. The van der Waals surface area contributed by atoms with E-state index in [2.05, 4.69) is 15.1 Å². The Balaban J connectivity index is 2.22. The van der Waals surface area contributed by atoms with Gasteiger partial charge in [0, 0.05) is 25.0 Å². The molecule has 0 spiro atoms. The summed E-state index contributed by atoms with van der Waals surface area (Å²) in [5.74, 6) is 0.219. The summed E-state index contributed by atoms with van der Waals surface area (Å²) in [5, 5.41) is 4.40. The van der Waals surface area contributed by atoms with Crippen LogP contribution in [0.1, 0.15) is 0 Å². The van der Waals surface area contributed by atoms with Crippen molar-refractivity contribution in [2.75, 3.05) is 5.73 Å². The maximum absolute atomic E-state index is 13.1. The molecule has 0 saturated heterocycles. The number of nitrogens with two attached hydrogens (primary N) is 1. The minimum atomic E-state index is -0.291. The molecule has 2 N–H and O–H groups in total. The molecule has 0 unspecified atom stereocenters. The lowest BCUT2D eigenvalue weighted by atomic mass is 10.0. The molecule has 0 aliphatic carbocycles. The van der Waals surface area contributed by atoms with Gasteiger partial charge in [0.15, 0.2) is 0 Å². The third-order valence-electron chi connectivity index (χ3n) is 3.06. The average molecular weight is 269 g/mol. The number of nitrogen functional groups attached to an aromatic ring is 1. The summed E-state index contributed by atoms with van der Waals surface area (Å²) in [7, 11) is 1.76. The number of halogens is 1. The second-order valence-corrected chi connectivity index (χ2v) is 4.37. The van der Waals surface area contributed by atoms with Crippen LogP contribution < -0.4 is 5.73 Å². The molecule has 0 bridgehead atoms. The van der Waals surface area contributed by atoms with E-state index >= 15 is 0 Å². The van der Waals surface area contributed by atoms with Gasteiger partial charge in [-0.05, 0) is 17.7 Å². The molecule has 3 rings (SSSR count). The summed E-state index contributed by atoms with van der Waals surface area (Å²) >= 11 is 0. The first kappa shape index (κ1) is 12.3. The Labute approximate surface area is 114 Å². The second-order valence-electron chi connectivity index (χ2n) is 4.37. The smallest absolute Gasteiger partial charge is 0.129 e. The van der Waals surface area contributed by atoms with E-state index in [0.717, 1.165) is 16.7 Å². The van der Waals surface area contributed by atoms with Crippen LogP contribution in [0.25, 0.3) is 22.4 Å². The van der Waals surface area contributed by atoms with E-state index in [-0.39, 0.29) is 5.82 Å². The highest BCUT2D eigenvalue weighted by Gasteiger charge is 2.17. The van der Waals surface area contributed by atoms with Crippen molar-refractivity contribution < 1.29 is 4.39 Å². The maximum atomic E-state index is 13.1. The van der Waals surface area contributed by atoms with Gasteiger partial charge in [-0.15, -0.1) is 0 Å². The topological polar surface area (TPSA) is 69.6 Å². The van der Waals surface area contributed by atoms with Gasteiger partial charge in [0.05, 0.1) is 5.56 Å². The zero-order valence-corrected chi connectivity index (χ0v) is 10.8. The number of anilines is 1. The van der Waals surface area contributed by atoms with E-state index in [1.165, 1.54) is 18.5 Å². The van der Waals surface area contributed by atoms with E-state index in [1.807, 2.05) is 0 Å². The molecule has 2 aromatic heterocycles. The number of nitrogens with zero attached hydrogens (tertiary/aromatic N) is 4. The molecule has 0 aliphatic heterocycles. The Kier molecular flexibility index (Phi) is 2.90. The fraction of sp³-hybridized carbons (Fsp3) is 0.0714. The van der Waals surface area contributed by atoms with Gasteiger partial charge in [-0.2, -0.15) is 5.10 Å². The molecule has 20 heavy (non-hydrogen) atoms. The highest BCUT2D eigenvalue weighted by atomic mass is 19.1. The van der Waals surface area contributed by atoms with Crippen LogP contribution in [0.5, 0.6) is 0 Å². The zero-order chi connectivity index (χ0) is 14.1. The monoisotopic (exact) mass is 269 g/mol. The predicted octanol–water partition coefficient (Wildman–Crippen LogP) is 2.27. The minimum Gasteiger partial charge on any atom is -0.383 e. The highest BCUT2D eigenvalue weighted by Crippen LogP contribution is 2.35. The molecule has 100 valence electrons. The number of rotatable bonds is 2. The van der Waals surface area contributed by atoms with Crippen LogP contribution in [0.2, 0.25) is 0 Å². The Bertz CT molecular complexity index is 734. The predicted molar refractivity (Wildman–Crippen MR) is 74.0 cm³/mol. The van der Waals surface area contributed by atoms with Crippen molar-refractivity contribution in [3.8, 4) is 22.4 Å². The Morgan fingerprint density at radius 2 is 1.70 bits per heavy atom. The molecule has 0 saturated carbocycles. The van der Waals surface area contributed by atoms with Crippen molar-refractivity contribution >= 4 is 5.82 Å². The Morgan fingerprint density at radius 1 is 1.05 bits per heavy atom. The minimum absolute atomic E-state index is 0.291. The van der Waals surface area contributed by atoms with E-state index in [9.17, 15) is 4.39 Å². The molecule has 0 atom stereocenters. The summed E-state index contributed by atoms with van der Waals surface area (Å²) in [4.78, 5) is 7.98. The molecule has 0 aliphatic rings. The van der Waals surface area contributed by atoms with Crippen LogP contribution in [0.4, 0.5) is 10.2 Å². The van der Waals surface area contributed by atoms with E-state index in [0.29, 0.717) is 11.5 Å². The van der Waals surface area contributed by atoms with Gasteiger partial charge in [0.1, 0.15) is 23.7 Å². The summed E-state index contributed by atoms with van der Waals surface area (Å²) in [6.07, 6.45) is 4.79. The highest BCUT2D eigenvalue weighted by molar-refractivity contribution is 5.87. The molecule has 0 radical (unpaired) electrons. The molecular formula is C14H12FN5. The van der Waals surface area contributed by atoms with Gasteiger partial charge in [-0.25, -0.2) is 14.4 Å². The standard InChI is InChI=1S/C14H12FN5/c1-20-14(16)12(9-2-4-11(15)5-3-9)13(19-20)10-6-17-8-18-7-10/h2-8H,16H2,1H3. The van der Waals surface area contributed by atoms with Crippen LogP contribution in [0, 0.1) is 5.82 Å². The Morgan fingerprint density at radius 3 is 2.35 bits per heavy atom. The van der Waals surface area contributed by atoms with Crippen LogP contribution in [0.15, 0.2) is 43.0 Å². The SMILES string of the molecule is Cn1nc(-c2cncnc2)c(-c2ccc(F)cc2)c1N. The summed E-state index contributed by atoms with van der Waals surface area (Å²) in [6, 6.07) is 6.14. The molecule has 3 aromatic rings.